The van der Waals surface area contributed by atoms with Gasteiger partial charge in [0.15, 0.2) is 11.6 Å². The first-order valence-electron chi connectivity index (χ1n) is 9.10. The number of piperidine rings is 1. The Hall–Kier alpha value is -2.80. The van der Waals surface area contributed by atoms with E-state index in [9.17, 15) is 23.5 Å². The molecule has 0 spiro atoms. The third-order valence-corrected chi connectivity index (χ3v) is 4.95. The topological polar surface area (TPSA) is 69.6 Å². The van der Waals surface area contributed by atoms with Gasteiger partial charge in [0.05, 0.1) is 0 Å². The minimum absolute atomic E-state index is 0.00216. The highest BCUT2D eigenvalue weighted by Gasteiger charge is 2.48. The second kappa shape index (κ2) is 8.06. The summed E-state index contributed by atoms with van der Waals surface area (Å²) in [5, 5.41) is 13.3. The van der Waals surface area contributed by atoms with E-state index in [1.54, 1.807) is 0 Å². The van der Waals surface area contributed by atoms with Crippen LogP contribution < -0.4 is 5.32 Å². The van der Waals surface area contributed by atoms with Crippen molar-refractivity contribution in [1.82, 2.24) is 10.2 Å². The largest absolute Gasteiger partial charge is 0.372 e. The van der Waals surface area contributed by atoms with Crippen molar-refractivity contribution >= 4 is 11.8 Å². The third-order valence-electron chi connectivity index (χ3n) is 4.95. The maximum atomic E-state index is 13.9. The fraction of sp³-hybridized carbons (Fsp3) is 0.333. The number of nitrogens with zero attached hydrogens (tertiary/aromatic N) is 1. The number of benzene rings is 2. The minimum atomic E-state index is -2.22. The number of halogens is 2. The molecule has 7 heteroatoms. The number of hydrogen-bond acceptors (Lipinski definition) is 3. The van der Waals surface area contributed by atoms with Crippen molar-refractivity contribution in [2.75, 3.05) is 6.54 Å². The summed E-state index contributed by atoms with van der Waals surface area (Å²) in [6.07, 6.45) is 0.352. The fourth-order valence-electron chi connectivity index (χ4n) is 3.27. The van der Waals surface area contributed by atoms with Gasteiger partial charge in [-0.3, -0.25) is 9.59 Å². The van der Waals surface area contributed by atoms with Crippen LogP contribution in [-0.2, 0) is 22.7 Å². The van der Waals surface area contributed by atoms with Gasteiger partial charge in [-0.25, -0.2) is 8.78 Å². The van der Waals surface area contributed by atoms with E-state index in [0.29, 0.717) is 6.42 Å². The molecule has 5 nitrogen and oxygen atoms in total. The normalized spacial score (nSPS) is 19.6. The monoisotopic (exact) mass is 388 g/mol. The van der Waals surface area contributed by atoms with Crippen LogP contribution in [0.1, 0.15) is 29.5 Å². The Balaban J connectivity index is 1.69. The Labute approximate surface area is 162 Å². The van der Waals surface area contributed by atoms with Gasteiger partial charge in [0, 0.05) is 25.2 Å². The van der Waals surface area contributed by atoms with Gasteiger partial charge in [-0.2, -0.15) is 0 Å². The second-order valence-corrected chi connectivity index (χ2v) is 7.07. The summed E-state index contributed by atoms with van der Waals surface area (Å²) in [7, 11) is 0. The van der Waals surface area contributed by atoms with E-state index in [2.05, 4.69) is 5.32 Å². The molecule has 3 rings (SSSR count). The van der Waals surface area contributed by atoms with E-state index < -0.39 is 29.0 Å². The lowest BCUT2D eigenvalue weighted by Crippen LogP contribution is -2.60. The van der Waals surface area contributed by atoms with Crippen molar-refractivity contribution in [1.29, 1.82) is 0 Å². The van der Waals surface area contributed by atoms with Gasteiger partial charge in [-0.15, -0.1) is 0 Å². The quantitative estimate of drug-likeness (QED) is 0.773. The standard InChI is InChI=1S/C21H22F2N2O3/c1-14-6-8-15(9-7-14)12-24-19(26)21(28)10-3-11-25(20(21)27)13-16-4-2-5-17(22)18(16)23/h2,4-9,28H,3,10-13H2,1H3,(H,24,26). The highest BCUT2D eigenvalue weighted by Crippen LogP contribution is 2.25. The summed E-state index contributed by atoms with van der Waals surface area (Å²) in [6, 6.07) is 11.2. The summed E-state index contributed by atoms with van der Waals surface area (Å²) in [4.78, 5) is 26.5. The van der Waals surface area contributed by atoms with Crippen LogP contribution in [0, 0.1) is 18.6 Å². The lowest BCUT2D eigenvalue weighted by atomic mass is 9.90. The van der Waals surface area contributed by atoms with E-state index in [-0.39, 0.29) is 31.6 Å². The molecule has 0 aromatic heterocycles. The number of likely N-dealkylation sites (tertiary alicyclic amines) is 1. The van der Waals surface area contributed by atoms with Gasteiger partial charge in [-0.1, -0.05) is 42.0 Å². The van der Waals surface area contributed by atoms with E-state index in [1.165, 1.54) is 17.0 Å². The maximum absolute atomic E-state index is 13.9. The molecule has 1 saturated heterocycles. The first-order chi connectivity index (χ1) is 13.3. The molecule has 0 aliphatic carbocycles. The zero-order valence-corrected chi connectivity index (χ0v) is 15.5. The second-order valence-electron chi connectivity index (χ2n) is 7.07. The van der Waals surface area contributed by atoms with Crippen LogP contribution in [0.5, 0.6) is 0 Å². The number of nitrogens with one attached hydrogen (secondary N) is 1. The van der Waals surface area contributed by atoms with Crippen LogP contribution in [0.2, 0.25) is 0 Å². The molecule has 2 amide bonds. The third kappa shape index (κ3) is 4.04. The Morgan fingerprint density at radius 2 is 1.93 bits per heavy atom. The predicted molar refractivity (Wildman–Crippen MR) is 99.0 cm³/mol. The van der Waals surface area contributed by atoms with Gasteiger partial charge < -0.3 is 15.3 Å². The van der Waals surface area contributed by atoms with Crippen LogP contribution in [0.3, 0.4) is 0 Å². The Morgan fingerprint density at radius 3 is 2.64 bits per heavy atom. The Bertz CT molecular complexity index is 886. The van der Waals surface area contributed by atoms with Crippen LogP contribution in [0.25, 0.3) is 0 Å². The van der Waals surface area contributed by atoms with E-state index in [0.717, 1.165) is 17.2 Å². The molecule has 1 aliphatic heterocycles. The first kappa shape index (κ1) is 19.9. The summed E-state index contributed by atoms with van der Waals surface area (Å²) < 4.78 is 27.3. The summed E-state index contributed by atoms with van der Waals surface area (Å²) in [5.74, 6) is -3.63. The van der Waals surface area contributed by atoms with Crippen LogP contribution in [0.4, 0.5) is 8.78 Å². The van der Waals surface area contributed by atoms with Crippen molar-refractivity contribution in [3.63, 3.8) is 0 Å². The number of amides is 2. The molecule has 1 fully saturated rings. The molecule has 2 aromatic carbocycles. The van der Waals surface area contributed by atoms with Crippen LogP contribution >= 0.6 is 0 Å². The minimum Gasteiger partial charge on any atom is -0.372 e. The van der Waals surface area contributed by atoms with Crippen molar-refractivity contribution < 1.29 is 23.5 Å². The van der Waals surface area contributed by atoms with Crippen LogP contribution in [0.15, 0.2) is 42.5 Å². The van der Waals surface area contributed by atoms with E-state index in [1.807, 2.05) is 31.2 Å². The van der Waals surface area contributed by atoms with Gasteiger partial charge >= 0.3 is 0 Å². The van der Waals surface area contributed by atoms with Gasteiger partial charge in [-0.05, 0) is 31.4 Å². The number of carbonyl (C=O) groups excluding carboxylic acids is 2. The van der Waals surface area contributed by atoms with E-state index in [4.69, 9.17) is 0 Å². The lowest BCUT2D eigenvalue weighted by molar-refractivity contribution is -0.166. The molecule has 1 heterocycles. The average molecular weight is 388 g/mol. The molecule has 0 bridgehead atoms. The number of rotatable bonds is 5. The van der Waals surface area contributed by atoms with Crippen LogP contribution in [-0.4, -0.2) is 34.0 Å². The average Bonchev–Trinajstić information content (AvgIpc) is 2.68. The van der Waals surface area contributed by atoms with Gasteiger partial charge in [0.1, 0.15) is 0 Å². The Morgan fingerprint density at radius 1 is 1.21 bits per heavy atom. The maximum Gasteiger partial charge on any atom is 0.264 e. The SMILES string of the molecule is Cc1ccc(CNC(=O)C2(O)CCCN(Cc3cccc(F)c3F)C2=O)cc1. The highest BCUT2D eigenvalue weighted by atomic mass is 19.2. The molecule has 1 aliphatic rings. The number of hydrogen-bond donors (Lipinski definition) is 2. The fourth-order valence-corrected chi connectivity index (χ4v) is 3.27. The smallest absolute Gasteiger partial charge is 0.264 e. The lowest BCUT2D eigenvalue weighted by Gasteiger charge is -2.37. The zero-order valence-electron chi connectivity index (χ0n) is 15.5. The van der Waals surface area contributed by atoms with E-state index >= 15 is 0 Å². The first-order valence-corrected chi connectivity index (χ1v) is 9.10. The van der Waals surface area contributed by atoms with Gasteiger partial charge in [0.2, 0.25) is 5.60 Å². The summed E-state index contributed by atoms with van der Waals surface area (Å²) in [6.45, 7) is 2.16. The number of aliphatic hydroxyl groups is 1. The molecular weight excluding hydrogens is 366 g/mol. The molecule has 148 valence electrons. The molecule has 1 atom stereocenters. The molecule has 0 saturated carbocycles. The molecule has 0 radical (unpaired) electrons. The molecular formula is C21H22F2N2O3. The summed E-state index contributed by atoms with van der Waals surface area (Å²) in [5.41, 5.74) is -0.300. The van der Waals surface area contributed by atoms with Crippen molar-refractivity contribution in [3.8, 4) is 0 Å². The number of aryl methyl sites for hydroxylation is 1. The molecule has 28 heavy (non-hydrogen) atoms. The van der Waals surface area contributed by atoms with Gasteiger partial charge in [0.25, 0.3) is 11.8 Å². The highest BCUT2D eigenvalue weighted by molar-refractivity contribution is 6.08. The van der Waals surface area contributed by atoms with Crippen molar-refractivity contribution in [2.24, 2.45) is 0 Å². The number of carbonyl (C=O) groups is 2. The summed E-state index contributed by atoms with van der Waals surface area (Å²) >= 11 is 0. The zero-order chi connectivity index (χ0) is 20.3. The Kier molecular flexibility index (Phi) is 5.74. The predicted octanol–water partition coefficient (Wildman–Crippen LogP) is 2.44. The van der Waals surface area contributed by atoms with Crippen molar-refractivity contribution in [3.05, 3.63) is 70.8 Å². The molecule has 2 N–H and O–H groups in total. The molecule has 2 aromatic rings. The molecule has 1 unspecified atom stereocenters. The van der Waals surface area contributed by atoms with Crippen molar-refractivity contribution in [2.45, 2.75) is 38.5 Å².